The minimum absolute atomic E-state index is 0.0517. The number of hydrogen-bond acceptors (Lipinski definition) is 2. The fourth-order valence-electron chi connectivity index (χ4n) is 3.36. The van der Waals surface area contributed by atoms with Gasteiger partial charge in [0.25, 0.3) is 0 Å². The van der Waals surface area contributed by atoms with Gasteiger partial charge in [-0.25, -0.2) is 0 Å². The third-order valence-electron chi connectivity index (χ3n) is 4.52. The van der Waals surface area contributed by atoms with Gasteiger partial charge >= 0.3 is 5.97 Å². The van der Waals surface area contributed by atoms with Crippen molar-refractivity contribution >= 4 is 11.9 Å². The SMILES string of the molecule is CCC1C[C@H](C(=O)N2CCC=C(C)C2)[C@H](C(=O)O)C1. The summed E-state index contributed by atoms with van der Waals surface area (Å²) < 4.78 is 0. The quantitative estimate of drug-likeness (QED) is 0.797. The maximum Gasteiger partial charge on any atom is 0.307 e. The van der Waals surface area contributed by atoms with E-state index in [1.807, 2.05) is 11.8 Å². The summed E-state index contributed by atoms with van der Waals surface area (Å²) in [5, 5.41) is 9.31. The lowest BCUT2D eigenvalue weighted by Gasteiger charge is -2.30. The van der Waals surface area contributed by atoms with Gasteiger partial charge in [-0.05, 0) is 32.1 Å². The monoisotopic (exact) mass is 265 g/mol. The molecule has 0 aromatic heterocycles. The fraction of sp³-hybridized carbons (Fsp3) is 0.733. The van der Waals surface area contributed by atoms with Gasteiger partial charge in [0.15, 0.2) is 0 Å². The Hall–Kier alpha value is -1.32. The van der Waals surface area contributed by atoms with Crippen LogP contribution in [0.2, 0.25) is 0 Å². The van der Waals surface area contributed by atoms with Gasteiger partial charge in [0.2, 0.25) is 5.91 Å². The Kier molecular flexibility index (Phi) is 4.27. The van der Waals surface area contributed by atoms with Gasteiger partial charge in [0.1, 0.15) is 0 Å². The molecule has 19 heavy (non-hydrogen) atoms. The predicted molar refractivity (Wildman–Crippen MR) is 72.6 cm³/mol. The van der Waals surface area contributed by atoms with Crippen LogP contribution in [0.5, 0.6) is 0 Å². The van der Waals surface area contributed by atoms with E-state index in [1.165, 1.54) is 5.57 Å². The van der Waals surface area contributed by atoms with Gasteiger partial charge in [0.05, 0.1) is 11.8 Å². The average molecular weight is 265 g/mol. The first-order valence-corrected chi connectivity index (χ1v) is 7.20. The van der Waals surface area contributed by atoms with Crippen LogP contribution in [0.3, 0.4) is 0 Å². The van der Waals surface area contributed by atoms with Gasteiger partial charge in [-0.1, -0.05) is 25.0 Å². The number of aliphatic carboxylic acids is 1. The first-order valence-electron chi connectivity index (χ1n) is 7.20. The van der Waals surface area contributed by atoms with E-state index in [2.05, 4.69) is 13.0 Å². The second-order valence-corrected chi connectivity index (χ2v) is 5.90. The highest BCUT2D eigenvalue weighted by Crippen LogP contribution is 2.39. The molecule has 1 aliphatic carbocycles. The molecule has 4 heteroatoms. The highest BCUT2D eigenvalue weighted by Gasteiger charge is 2.43. The molecule has 2 aliphatic rings. The minimum Gasteiger partial charge on any atom is -0.481 e. The van der Waals surface area contributed by atoms with Gasteiger partial charge in [-0.3, -0.25) is 9.59 Å². The zero-order valence-electron chi connectivity index (χ0n) is 11.8. The Labute approximate surface area is 114 Å². The Morgan fingerprint density at radius 3 is 2.63 bits per heavy atom. The fourth-order valence-corrected chi connectivity index (χ4v) is 3.36. The van der Waals surface area contributed by atoms with Crippen molar-refractivity contribution in [2.75, 3.05) is 13.1 Å². The second-order valence-electron chi connectivity index (χ2n) is 5.90. The molecule has 1 amide bonds. The maximum atomic E-state index is 12.6. The van der Waals surface area contributed by atoms with Crippen molar-refractivity contribution in [1.82, 2.24) is 4.90 Å². The van der Waals surface area contributed by atoms with Crippen molar-refractivity contribution in [2.45, 2.75) is 39.5 Å². The minimum atomic E-state index is -0.807. The van der Waals surface area contributed by atoms with Gasteiger partial charge in [-0.15, -0.1) is 0 Å². The van der Waals surface area contributed by atoms with E-state index in [0.29, 0.717) is 18.9 Å². The summed E-state index contributed by atoms with van der Waals surface area (Å²) in [6, 6.07) is 0. The summed E-state index contributed by atoms with van der Waals surface area (Å²) >= 11 is 0. The van der Waals surface area contributed by atoms with Gasteiger partial charge in [0, 0.05) is 13.1 Å². The molecule has 0 aromatic rings. The van der Waals surface area contributed by atoms with Crippen molar-refractivity contribution in [3.63, 3.8) is 0 Å². The largest absolute Gasteiger partial charge is 0.481 e. The van der Waals surface area contributed by atoms with Crippen molar-refractivity contribution in [3.05, 3.63) is 11.6 Å². The van der Waals surface area contributed by atoms with Crippen LogP contribution in [-0.4, -0.2) is 35.0 Å². The van der Waals surface area contributed by atoms with Crippen LogP contribution in [0.25, 0.3) is 0 Å². The molecule has 106 valence electrons. The highest BCUT2D eigenvalue weighted by atomic mass is 16.4. The van der Waals surface area contributed by atoms with E-state index in [9.17, 15) is 14.7 Å². The maximum absolute atomic E-state index is 12.6. The molecular formula is C15H23NO3. The molecule has 4 nitrogen and oxygen atoms in total. The normalized spacial score (nSPS) is 31.2. The molecule has 1 fully saturated rings. The lowest BCUT2D eigenvalue weighted by Crippen LogP contribution is -2.41. The average Bonchev–Trinajstić information content (AvgIpc) is 2.82. The molecule has 0 bridgehead atoms. The second kappa shape index (κ2) is 5.76. The van der Waals surface area contributed by atoms with E-state index >= 15 is 0 Å². The smallest absolute Gasteiger partial charge is 0.307 e. The summed E-state index contributed by atoms with van der Waals surface area (Å²) in [6.07, 6.45) is 5.41. The van der Waals surface area contributed by atoms with Gasteiger partial charge < -0.3 is 10.0 Å². The van der Waals surface area contributed by atoms with E-state index in [4.69, 9.17) is 0 Å². The van der Waals surface area contributed by atoms with Crippen molar-refractivity contribution < 1.29 is 14.7 Å². The number of carboxylic acid groups (broad SMARTS) is 1. The van der Waals surface area contributed by atoms with E-state index in [1.54, 1.807) is 0 Å². The Morgan fingerprint density at radius 2 is 2.05 bits per heavy atom. The van der Waals surface area contributed by atoms with E-state index < -0.39 is 11.9 Å². The number of amides is 1. The molecule has 2 rings (SSSR count). The Morgan fingerprint density at radius 1 is 1.37 bits per heavy atom. The molecule has 3 atom stereocenters. The summed E-state index contributed by atoms with van der Waals surface area (Å²) in [7, 11) is 0. The Balaban J connectivity index is 2.08. The molecule has 1 unspecified atom stereocenters. The molecule has 0 radical (unpaired) electrons. The third-order valence-corrected chi connectivity index (χ3v) is 4.52. The number of rotatable bonds is 3. The standard InChI is InChI=1S/C15H23NO3/c1-3-11-7-12(13(8-11)15(18)19)14(17)16-6-4-5-10(2)9-16/h5,11-13H,3-4,6-9H2,1-2H3,(H,18,19)/t11?,12-,13+/m0/s1. The van der Waals surface area contributed by atoms with E-state index in [0.717, 1.165) is 25.8 Å². The molecule has 1 aliphatic heterocycles. The summed E-state index contributed by atoms with van der Waals surface area (Å²) in [5.74, 6) is -1.16. The number of hydrogen-bond donors (Lipinski definition) is 1. The zero-order chi connectivity index (χ0) is 14.0. The van der Waals surface area contributed by atoms with Crippen molar-refractivity contribution in [2.24, 2.45) is 17.8 Å². The zero-order valence-corrected chi connectivity index (χ0v) is 11.8. The molecular weight excluding hydrogens is 242 g/mol. The van der Waals surface area contributed by atoms with Crippen LogP contribution in [0.15, 0.2) is 11.6 Å². The summed E-state index contributed by atoms with van der Waals surface area (Å²) in [5.41, 5.74) is 1.21. The topological polar surface area (TPSA) is 57.6 Å². The van der Waals surface area contributed by atoms with Gasteiger partial charge in [-0.2, -0.15) is 0 Å². The number of nitrogens with zero attached hydrogens (tertiary/aromatic N) is 1. The first kappa shape index (κ1) is 14.1. The first-order chi connectivity index (χ1) is 9.02. The number of carboxylic acids is 1. The van der Waals surface area contributed by atoms with Crippen LogP contribution in [0.1, 0.15) is 39.5 Å². The van der Waals surface area contributed by atoms with Crippen LogP contribution < -0.4 is 0 Å². The predicted octanol–water partition coefficient (Wildman–Crippen LogP) is 2.30. The van der Waals surface area contributed by atoms with Crippen LogP contribution in [-0.2, 0) is 9.59 Å². The Bertz CT molecular complexity index is 402. The summed E-state index contributed by atoms with van der Waals surface area (Å²) in [4.78, 5) is 25.7. The molecule has 0 spiro atoms. The molecule has 0 saturated heterocycles. The number of carbonyl (C=O) groups is 2. The number of carbonyl (C=O) groups excluding carboxylic acids is 1. The van der Waals surface area contributed by atoms with Crippen LogP contribution in [0.4, 0.5) is 0 Å². The molecule has 1 N–H and O–H groups in total. The lowest BCUT2D eigenvalue weighted by molar-refractivity contribution is -0.149. The summed E-state index contributed by atoms with van der Waals surface area (Å²) in [6.45, 7) is 5.50. The molecule has 1 heterocycles. The van der Waals surface area contributed by atoms with Crippen molar-refractivity contribution in [3.8, 4) is 0 Å². The molecule has 0 aromatic carbocycles. The van der Waals surface area contributed by atoms with Crippen LogP contribution >= 0.6 is 0 Å². The van der Waals surface area contributed by atoms with E-state index in [-0.39, 0.29) is 11.8 Å². The van der Waals surface area contributed by atoms with Crippen LogP contribution in [0, 0.1) is 17.8 Å². The highest BCUT2D eigenvalue weighted by molar-refractivity contribution is 5.85. The van der Waals surface area contributed by atoms with Crippen molar-refractivity contribution in [1.29, 1.82) is 0 Å². The lowest BCUT2D eigenvalue weighted by atomic mass is 9.94. The molecule has 1 saturated carbocycles. The third kappa shape index (κ3) is 2.99.